The van der Waals surface area contributed by atoms with Gasteiger partial charge in [-0.05, 0) is 39.8 Å². The Hall–Kier alpha value is -0.460. The molecule has 1 aliphatic heterocycles. The first-order chi connectivity index (χ1) is 8.42. The van der Waals surface area contributed by atoms with E-state index < -0.39 is 15.1 Å². The minimum atomic E-state index is -3.12. The Labute approximate surface area is 109 Å². The molecule has 1 heterocycles. The summed E-state index contributed by atoms with van der Waals surface area (Å²) < 4.78 is 28.6. The van der Waals surface area contributed by atoms with Gasteiger partial charge in [0, 0.05) is 6.42 Å². The molecule has 0 radical (unpaired) electrons. The minimum Gasteiger partial charge on any atom is -0.370 e. The molecular formula is C12H23NO4S. The van der Waals surface area contributed by atoms with Gasteiger partial charge in [-0.3, -0.25) is 4.79 Å². The second kappa shape index (κ2) is 7.21. The number of ether oxygens (including phenoxy) is 1. The summed E-state index contributed by atoms with van der Waals surface area (Å²) in [7, 11) is -3.12. The molecule has 0 aromatic rings. The Balaban J connectivity index is 2.21. The molecule has 0 amide bonds. The summed E-state index contributed by atoms with van der Waals surface area (Å²) in [5, 5.41) is 2.79. The highest BCUT2D eigenvalue weighted by Crippen LogP contribution is 2.08. The fraction of sp³-hybridized carbons (Fsp3) is 0.917. The van der Waals surface area contributed by atoms with Gasteiger partial charge in [0.2, 0.25) is 0 Å². The van der Waals surface area contributed by atoms with Crippen molar-refractivity contribution >= 4 is 15.6 Å². The van der Waals surface area contributed by atoms with Gasteiger partial charge >= 0.3 is 0 Å². The van der Waals surface area contributed by atoms with Crippen molar-refractivity contribution in [1.82, 2.24) is 5.32 Å². The second-order valence-electron chi connectivity index (χ2n) is 4.96. The number of Topliss-reactive ketones (excluding diaryl/α,β-unsaturated/α-hetero) is 1. The molecule has 5 nitrogen and oxygen atoms in total. The third-order valence-corrected chi connectivity index (χ3v) is 5.36. The Morgan fingerprint density at radius 2 is 1.94 bits per heavy atom. The molecule has 1 fully saturated rings. The average molecular weight is 277 g/mol. The van der Waals surface area contributed by atoms with E-state index in [1.165, 1.54) is 0 Å². The van der Waals surface area contributed by atoms with E-state index in [1.807, 2.05) is 0 Å². The van der Waals surface area contributed by atoms with Crippen LogP contribution in [0.5, 0.6) is 0 Å². The lowest BCUT2D eigenvalue weighted by molar-refractivity contribution is -0.125. The average Bonchev–Trinajstić information content (AvgIpc) is 2.35. The molecule has 1 saturated heterocycles. The van der Waals surface area contributed by atoms with Crippen molar-refractivity contribution in [3.05, 3.63) is 0 Å². The molecule has 0 bridgehead atoms. The summed E-state index contributed by atoms with van der Waals surface area (Å²) in [5.41, 5.74) is 0. The van der Waals surface area contributed by atoms with Gasteiger partial charge in [0.05, 0.1) is 17.1 Å². The van der Waals surface area contributed by atoms with Crippen LogP contribution in [-0.4, -0.2) is 51.0 Å². The van der Waals surface area contributed by atoms with Crippen LogP contribution in [-0.2, 0) is 19.4 Å². The summed E-state index contributed by atoms with van der Waals surface area (Å²) in [6.45, 7) is 5.14. The van der Waals surface area contributed by atoms with Gasteiger partial charge in [-0.2, -0.15) is 0 Å². The Morgan fingerprint density at radius 3 is 2.50 bits per heavy atom. The molecule has 0 atom stereocenters. The molecule has 0 spiro atoms. The van der Waals surface area contributed by atoms with Crippen LogP contribution >= 0.6 is 0 Å². The summed E-state index contributed by atoms with van der Waals surface area (Å²) in [5.74, 6) is -0.197. The zero-order chi connectivity index (χ0) is 13.6. The Bertz CT molecular complexity index is 358. The predicted molar refractivity (Wildman–Crippen MR) is 70.4 cm³/mol. The number of hydrogen-bond donors (Lipinski definition) is 1. The van der Waals surface area contributed by atoms with Gasteiger partial charge in [-0.1, -0.05) is 0 Å². The van der Waals surface area contributed by atoms with E-state index in [1.54, 1.807) is 13.8 Å². The molecule has 0 aromatic heterocycles. The number of carbonyl (C=O) groups excluding carboxylic acids is 1. The fourth-order valence-electron chi connectivity index (χ4n) is 1.74. The monoisotopic (exact) mass is 277 g/mol. The van der Waals surface area contributed by atoms with Crippen LogP contribution < -0.4 is 5.32 Å². The van der Waals surface area contributed by atoms with Gasteiger partial charge in [-0.15, -0.1) is 0 Å². The van der Waals surface area contributed by atoms with E-state index in [2.05, 4.69) is 5.32 Å². The quantitative estimate of drug-likeness (QED) is 0.735. The van der Waals surface area contributed by atoms with E-state index in [4.69, 9.17) is 4.74 Å². The molecule has 106 valence electrons. The fourth-order valence-corrected chi connectivity index (χ4v) is 2.72. The lowest BCUT2D eigenvalue weighted by Gasteiger charge is -2.22. The number of sulfone groups is 1. The van der Waals surface area contributed by atoms with E-state index in [0.29, 0.717) is 0 Å². The van der Waals surface area contributed by atoms with Gasteiger partial charge in [0.15, 0.2) is 15.6 Å². The van der Waals surface area contributed by atoms with Crippen LogP contribution in [0.4, 0.5) is 0 Å². The first kappa shape index (κ1) is 15.6. The third kappa shape index (κ3) is 5.46. The maximum atomic E-state index is 11.5. The summed E-state index contributed by atoms with van der Waals surface area (Å²) >= 11 is 0. The van der Waals surface area contributed by atoms with Crippen molar-refractivity contribution in [2.24, 2.45) is 0 Å². The maximum Gasteiger partial charge on any atom is 0.159 e. The summed E-state index contributed by atoms with van der Waals surface area (Å²) in [6, 6.07) is 0. The smallest absolute Gasteiger partial charge is 0.159 e. The molecular weight excluding hydrogens is 254 g/mol. The van der Waals surface area contributed by atoms with Crippen molar-refractivity contribution in [2.75, 3.05) is 25.4 Å². The highest BCUT2D eigenvalue weighted by molar-refractivity contribution is 7.91. The molecule has 0 saturated carbocycles. The van der Waals surface area contributed by atoms with Crippen molar-refractivity contribution < 1.29 is 17.9 Å². The normalized spacial score (nSPS) is 18.2. The number of rotatable bonds is 7. The van der Waals surface area contributed by atoms with Crippen LogP contribution in [0.3, 0.4) is 0 Å². The lowest BCUT2D eigenvalue weighted by atomic mass is 10.1. The molecule has 1 aliphatic rings. The van der Waals surface area contributed by atoms with Crippen molar-refractivity contribution in [3.8, 4) is 0 Å². The van der Waals surface area contributed by atoms with Crippen LogP contribution in [0, 0.1) is 0 Å². The van der Waals surface area contributed by atoms with Gasteiger partial charge in [0.1, 0.15) is 6.61 Å². The van der Waals surface area contributed by atoms with Gasteiger partial charge in [0.25, 0.3) is 0 Å². The molecule has 18 heavy (non-hydrogen) atoms. The maximum absolute atomic E-state index is 11.5. The van der Waals surface area contributed by atoms with E-state index >= 15 is 0 Å². The molecule has 1 rings (SSSR count). The summed E-state index contributed by atoms with van der Waals surface area (Å²) in [4.78, 5) is 11.5. The second-order valence-corrected chi connectivity index (χ2v) is 7.64. The van der Waals surface area contributed by atoms with E-state index in [9.17, 15) is 13.2 Å². The summed E-state index contributed by atoms with van der Waals surface area (Å²) in [6.07, 6.45) is 2.03. The first-order valence-electron chi connectivity index (χ1n) is 6.47. The van der Waals surface area contributed by atoms with E-state index in [0.717, 1.165) is 25.9 Å². The van der Waals surface area contributed by atoms with Gasteiger partial charge < -0.3 is 10.1 Å². The lowest BCUT2D eigenvalue weighted by Crippen LogP contribution is -2.33. The first-order valence-corrected chi connectivity index (χ1v) is 8.19. The number of carbonyl (C=O) groups is 1. The highest BCUT2D eigenvalue weighted by Gasteiger charge is 2.19. The van der Waals surface area contributed by atoms with Crippen LogP contribution in [0.25, 0.3) is 0 Å². The topological polar surface area (TPSA) is 72.5 Å². The molecule has 6 heteroatoms. The molecule has 0 aliphatic carbocycles. The zero-order valence-electron chi connectivity index (χ0n) is 11.1. The van der Waals surface area contributed by atoms with Crippen molar-refractivity contribution in [1.29, 1.82) is 0 Å². The van der Waals surface area contributed by atoms with Crippen molar-refractivity contribution in [2.45, 2.75) is 44.5 Å². The standard InChI is InChI=1S/C12H23NO4S/c1-10(2)18(15,16)8-5-11(14)9-17-12-3-6-13-7-4-12/h10,12-13H,3-9H2,1-2H3. The highest BCUT2D eigenvalue weighted by atomic mass is 32.2. The molecule has 1 N–H and O–H groups in total. The Morgan fingerprint density at radius 1 is 1.33 bits per heavy atom. The van der Waals surface area contributed by atoms with Crippen LogP contribution in [0.15, 0.2) is 0 Å². The minimum absolute atomic E-state index is 0.0400. The van der Waals surface area contributed by atoms with Crippen LogP contribution in [0.2, 0.25) is 0 Å². The number of ketones is 1. The molecule has 0 unspecified atom stereocenters. The van der Waals surface area contributed by atoms with E-state index in [-0.39, 0.29) is 30.7 Å². The number of hydrogen-bond acceptors (Lipinski definition) is 5. The number of piperidine rings is 1. The SMILES string of the molecule is CC(C)S(=O)(=O)CCC(=O)COC1CCNCC1. The van der Waals surface area contributed by atoms with Crippen molar-refractivity contribution in [3.63, 3.8) is 0 Å². The predicted octanol–water partition coefficient (Wildman–Crippen LogP) is 0.537. The van der Waals surface area contributed by atoms with Gasteiger partial charge in [-0.25, -0.2) is 8.42 Å². The number of nitrogens with one attached hydrogen (secondary N) is 1. The third-order valence-electron chi connectivity index (χ3n) is 3.15. The Kier molecular flexibility index (Phi) is 6.25. The van der Waals surface area contributed by atoms with Crippen LogP contribution in [0.1, 0.15) is 33.1 Å². The zero-order valence-corrected chi connectivity index (χ0v) is 12.0. The molecule has 0 aromatic carbocycles. The largest absolute Gasteiger partial charge is 0.370 e.